The van der Waals surface area contributed by atoms with E-state index in [0.717, 1.165) is 11.1 Å². The largest absolute Gasteiger partial charge is 0.486 e. The van der Waals surface area contributed by atoms with Crippen LogP contribution in [0.2, 0.25) is 5.02 Å². The number of benzene rings is 2. The van der Waals surface area contributed by atoms with Crippen molar-refractivity contribution < 1.29 is 9.47 Å². The Kier molecular flexibility index (Phi) is 3.84. The third-order valence-electron chi connectivity index (χ3n) is 3.46. The second kappa shape index (κ2) is 5.79. The predicted molar refractivity (Wildman–Crippen MR) is 85.4 cm³/mol. The van der Waals surface area contributed by atoms with Crippen LogP contribution in [0, 0.1) is 0 Å². The van der Waals surface area contributed by atoms with Crippen molar-refractivity contribution in [3.05, 3.63) is 57.9 Å². The highest BCUT2D eigenvalue weighted by atomic mass is 35.5. The summed E-state index contributed by atoms with van der Waals surface area (Å²) in [4.78, 5) is 2.80. The molecule has 1 atom stereocenters. The maximum Gasteiger partial charge on any atom is 0.170 e. The smallest absolute Gasteiger partial charge is 0.170 e. The van der Waals surface area contributed by atoms with Gasteiger partial charge >= 0.3 is 0 Å². The maximum absolute atomic E-state index is 8.52. The zero-order chi connectivity index (χ0) is 15.6. The molecule has 2 aromatic carbocycles. The molecule has 112 valence electrons. The van der Waals surface area contributed by atoms with Gasteiger partial charge in [0.25, 0.3) is 0 Å². The van der Waals surface area contributed by atoms with Gasteiger partial charge in [-0.1, -0.05) is 41.0 Å². The number of hydrogen-bond donors (Lipinski definition) is 0. The van der Waals surface area contributed by atoms with Crippen LogP contribution in [-0.2, 0) is 0 Å². The van der Waals surface area contributed by atoms with Crippen LogP contribution >= 0.6 is 11.6 Å². The van der Waals surface area contributed by atoms with Crippen LogP contribution in [0.25, 0.3) is 21.6 Å². The minimum absolute atomic E-state index is 0.201. The van der Waals surface area contributed by atoms with E-state index in [1.165, 1.54) is 0 Å². The standard InChI is InChI=1S/C16H14ClN3O2/c1-16(9-19-20-18)10-21-14-7-3-6-13(15(14)22-16)11-4-2-5-12(17)8-11/h2-8H,9-10H2,1H3/t16-/m0/s1. The quantitative estimate of drug-likeness (QED) is 0.461. The number of rotatable bonds is 3. The minimum Gasteiger partial charge on any atom is -0.486 e. The molecule has 0 fully saturated rings. The van der Waals surface area contributed by atoms with Crippen molar-refractivity contribution in [3.8, 4) is 22.6 Å². The Morgan fingerprint density at radius 1 is 1.32 bits per heavy atom. The molecule has 0 saturated carbocycles. The number of fused-ring (bicyclic) bond motifs is 1. The average molecular weight is 316 g/mol. The van der Waals surface area contributed by atoms with E-state index in [-0.39, 0.29) is 6.54 Å². The molecule has 0 N–H and O–H groups in total. The number of halogens is 1. The van der Waals surface area contributed by atoms with E-state index >= 15 is 0 Å². The molecule has 1 aliphatic heterocycles. The fourth-order valence-corrected chi connectivity index (χ4v) is 2.57. The number of ether oxygens (including phenoxy) is 2. The first kappa shape index (κ1) is 14.6. The molecule has 1 aliphatic rings. The predicted octanol–water partition coefficient (Wildman–Crippen LogP) is 4.85. The molecule has 3 rings (SSSR count). The zero-order valence-corrected chi connectivity index (χ0v) is 12.7. The van der Waals surface area contributed by atoms with Crippen LogP contribution in [0.15, 0.2) is 47.6 Å². The molecule has 5 nitrogen and oxygen atoms in total. The molecule has 6 heteroatoms. The molecular formula is C16H14ClN3O2. The summed E-state index contributed by atoms with van der Waals surface area (Å²) in [7, 11) is 0. The lowest BCUT2D eigenvalue weighted by Crippen LogP contribution is -2.44. The first-order valence-corrected chi connectivity index (χ1v) is 7.21. The molecule has 0 radical (unpaired) electrons. The van der Waals surface area contributed by atoms with E-state index < -0.39 is 5.60 Å². The Bertz CT molecular complexity index is 759. The molecule has 2 aromatic rings. The highest BCUT2D eigenvalue weighted by Gasteiger charge is 2.34. The van der Waals surface area contributed by atoms with Gasteiger partial charge in [-0.3, -0.25) is 0 Å². The van der Waals surface area contributed by atoms with Crippen LogP contribution in [0.4, 0.5) is 0 Å². The van der Waals surface area contributed by atoms with Gasteiger partial charge in [-0.2, -0.15) is 0 Å². The van der Waals surface area contributed by atoms with Crippen molar-refractivity contribution in [3.63, 3.8) is 0 Å². The highest BCUT2D eigenvalue weighted by molar-refractivity contribution is 6.30. The molecule has 0 amide bonds. The topological polar surface area (TPSA) is 67.2 Å². The summed E-state index contributed by atoms with van der Waals surface area (Å²) < 4.78 is 11.9. The van der Waals surface area contributed by atoms with E-state index in [1.54, 1.807) is 0 Å². The van der Waals surface area contributed by atoms with Gasteiger partial charge in [0.15, 0.2) is 11.5 Å². The van der Waals surface area contributed by atoms with E-state index in [1.807, 2.05) is 49.4 Å². The van der Waals surface area contributed by atoms with Crippen LogP contribution in [0.3, 0.4) is 0 Å². The SMILES string of the molecule is C[C@]1(CN=[N+]=[N-])COc2cccc(-c3cccc(Cl)c3)c2O1. The maximum atomic E-state index is 8.52. The van der Waals surface area contributed by atoms with Crippen molar-refractivity contribution in [2.75, 3.05) is 13.2 Å². The fourth-order valence-electron chi connectivity index (χ4n) is 2.38. The molecule has 1 heterocycles. The average Bonchev–Trinajstić information content (AvgIpc) is 2.52. The molecule has 0 saturated heterocycles. The Morgan fingerprint density at radius 3 is 2.91 bits per heavy atom. The van der Waals surface area contributed by atoms with Crippen molar-refractivity contribution in [2.24, 2.45) is 5.11 Å². The summed E-state index contributed by atoms with van der Waals surface area (Å²) in [6.45, 7) is 2.39. The van der Waals surface area contributed by atoms with E-state index in [9.17, 15) is 0 Å². The lowest BCUT2D eigenvalue weighted by molar-refractivity contribution is 0.0142. The van der Waals surface area contributed by atoms with Gasteiger partial charge in [-0.05, 0) is 36.2 Å². The van der Waals surface area contributed by atoms with Crippen molar-refractivity contribution in [1.82, 2.24) is 0 Å². The van der Waals surface area contributed by atoms with Crippen molar-refractivity contribution >= 4 is 11.6 Å². The number of nitrogens with zero attached hydrogens (tertiary/aromatic N) is 3. The zero-order valence-electron chi connectivity index (χ0n) is 12.0. The van der Waals surface area contributed by atoms with Crippen LogP contribution in [0.1, 0.15) is 6.92 Å². The normalized spacial score (nSPS) is 19.4. The third kappa shape index (κ3) is 2.82. The van der Waals surface area contributed by atoms with Gasteiger partial charge in [-0.25, -0.2) is 0 Å². The van der Waals surface area contributed by atoms with Crippen molar-refractivity contribution in [2.45, 2.75) is 12.5 Å². The van der Waals surface area contributed by atoms with E-state index in [2.05, 4.69) is 10.0 Å². The van der Waals surface area contributed by atoms with Gasteiger partial charge < -0.3 is 9.47 Å². The Hall–Kier alpha value is -2.36. The van der Waals surface area contributed by atoms with Gasteiger partial charge in [0.1, 0.15) is 12.2 Å². The number of hydrogen-bond acceptors (Lipinski definition) is 3. The van der Waals surface area contributed by atoms with Gasteiger partial charge in [0.05, 0.1) is 6.54 Å². The summed E-state index contributed by atoms with van der Waals surface area (Å²) in [6, 6.07) is 13.3. The Labute approximate surface area is 133 Å². The van der Waals surface area contributed by atoms with E-state index in [0.29, 0.717) is 23.1 Å². The lowest BCUT2D eigenvalue weighted by Gasteiger charge is -2.35. The lowest BCUT2D eigenvalue weighted by atomic mass is 10.0. The summed E-state index contributed by atoms with van der Waals surface area (Å²) >= 11 is 6.08. The van der Waals surface area contributed by atoms with Crippen LogP contribution in [0.5, 0.6) is 11.5 Å². The second-order valence-corrected chi connectivity index (χ2v) is 5.81. The van der Waals surface area contributed by atoms with Crippen LogP contribution < -0.4 is 9.47 Å². The van der Waals surface area contributed by atoms with Gasteiger partial charge in [0.2, 0.25) is 0 Å². The first-order valence-electron chi connectivity index (χ1n) is 6.83. The summed E-state index contributed by atoms with van der Waals surface area (Å²) in [5, 5.41) is 4.27. The summed E-state index contributed by atoms with van der Waals surface area (Å²) in [5.74, 6) is 1.32. The highest BCUT2D eigenvalue weighted by Crippen LogP contribution is 2.43. The van der Waals surface area contributed by atoms with Gasteiger partial charge in [-0.15, -0.1) is 0 Å². The first-order chi connectivity index (χ1) is 10.6. The Balaban J connectivity index is 2.04. The van der Waals surface area contributed by atoms with Crippen LogP contribution in [-0.4, -0.2) is 18.8 Å². The van der Waals surface area contributed by atoms with Gasteiger partial charge in [0, 0.05) is 15.5 Å². The Morgan fingerprint density at radius 2 is 2.14 bits per heavy atom. The molecule has 0 spiro atoms. The van der Waals surface area contributed by atoms with E-state index in [4.69, 9.17) is 26.6 Å². The monoisotopic (exact) mass is 315 g/mol. The minimum atomic E-state index is -0.687. The molecular weight excluding hydrogens is 302 g/mol. The molecule has 22 heavy (non-hydrogen) atoms. The number of azide groups is 1. The fraction of sp³-hybridized carbons (Fsp3) is 0.250. The molecule has 0 aromatic heterocycles. The molecule has 0 aliphatic carbocycles. The van der Waals surface area contributed by atoms with Crippen molar-refractivity contribution in [1.29, 1.82) is 0 Å². The second-order valence-electron chi connectivity index (χ2n) is 5.37. The summed E-state index contributed by atoms with van der Waals surface area (Å²) in [5.41, 5.74) is 9.67. The summed E-state index contributed by atoms with van der Waals surface area (Å²) in [6.07, 6.45) is 0. The number of para-hydroxylation sites is 1. The third-order valence-corrected chi connectivity index (χ3v) is 3.70. The molecule has 0 unspecified atom stereocenters. The molecule has 0 bridgehead atoms.